The van der Waals surface area contributed by atoms with Gasteiger partial charge < -0.3 is 5.32 Å². The number of hydrogen-bond donors (Lipinski definition) is 1. The van der Waals surface area contributed by atoms with Crippen LogP contribution >= 0.6 is 11.8 Å². The quantitative estimate of drug-likeness (QED) is 0.582. The third kappa shape index (κ3) is 3.43. The molecule has 0 atom stereocenters. The number of hydrogen-bond acceptors (Lipinski definition) is 2. The van der Waals surface area contributed by atoms with Crippen LogP contribution in [-0.4, -0.2) is 12.8 Å². The van der Waals surface area contributed by atoms with Crippen molar-refractivity contribution in [2.24, 2.45) is 0 Å². The SMILES string of the molecule is CC#CCNc1ccc(SC)cc1. The third-order valence-corrected chi connectivity index (χ3v) is 2.39. The van der Waals surface area contributed by atoms with Gasteiger partial charge >= 0.3 is 0 Å². The maximum absolute atomic E-state index is 3.21. The van der Waals surface area contributed by atoms with E-state index in [1.54, 1.807) is 11.8 Å². The average molecular weight is 191 g/mol. The number of anilines is 1. The molecule has 13 heavy (non-hydrogen) atoms. The minimum Gasteiger partial charge on any atom is -0.374 e. The number of rotatable bonds is 3. The highest BCUT2D eigenvalue weighted by molar-refractivity contribution is 7.98. The minimum absolute atomic E-state index is 0.717. The predicted molar refractivity (Wildman–Crippen MR) is 60.2 cm³/mol. The van der Waals surface area contributed by atoms with Gasteiger partial charge in [0.05, 0.1) is 6.54 Å². The van der Waals surface area contributed by atoms with E-state index in [0.717, 1.165) is 12.2 Å². The molecule has 2 heteroatoms. The number of thioether (sulfide) groups is 1. The van der Waals surface area contributed by atoms with Crippen LogP contribution in [0.4, 0.5) is 5.69 Å². The van der Waals surface area contributed by atoms with Crippen molar-refractivity contribution in [2.75, 3.05) is 18.1 Å². The van der Waals surface area contributed by atoms with Crippen LogP contribution in [0.25, 0.3) is 0 Å². The van der Waals surface area contributed by atoms with Crippen LogP contribution in [0.2, 0.25) is 0 Å². The van der Waals surface area contributed by atoms with Gasteiger partial charge in [-0.3, -0.25) is 0 Å². The fraction of sp³-hybridized carbons (Fsp3) is 0.273. The van der Waals surface area contributed by atoms with E-state index in [1.807, 2.05) is 6.92 Å². The molecule has 1 aromatic carbocycles. The first kappa shape index (κ1) is 10.0. The minimum atomic E-state index is 0.717. The van der Waals surface area contributed by atoms with E-state index in [-0.39, 0.29) is 0 Å². The van der Waals surface area contributed by atoms with Crippen LogP contribution in [-0.2, 0) is 0 Å². The molecule has 68 valence electrons. The van der Waals surface area contributed by atoms with E-state index in [1.165, 1.54) is 4.90 Å². The molecule has 0 unspecified atom stereocenters. The van der Waals surface area contributed by atoms with Crippen molar-refractivity contribution >= 4 is 17.4 Å². The van der Waals surface area contributed by atoms with Gasteiger partial charge in [-0.15, -0.1) is 17.7 Å². The normalized spacial score (nSPS) is 8.77. The second-order valence-corrected chi connectivity index (χ2v) is 3.39. The van der Waals surface area contributed by atoms with E-state index < -0.39 is 0 Å². The second kappa shape index (κ2) is 5.55. The van der Waals surface area contributed by atoms with E-state index in [4.69, 9.17) is 0 Å². The highest BCUT2D eigenvalue weighted by Crippen LogP contribution is 2.16. The molecule has 0 spiro atoms. The van der Waals surface area contributed by atoms with Gasteiger partial charge in [0, 0.05) is 10.6 Å². The van der Waals surface area contributed by atoms with Crippen LogP contribution in [0.5, 0.6) is 0 Å². The lowest BCUT2D eigenvalue weighted by Crippen LogP contribution is -1.97. The molecule has 0 aliphatic heterocycles. The Bertz CT molecular complexity index is 305. The van der Waals surface area contributed by atoms with E-state index >= 15 is 0 Å². The van der Waals surface area contributed by atoms with Crippen LogP contribution in [0, 0.1) is 11.8 Å². The van der Waals surface area contributed by atoms with Crippen LogP contribution in [0.3, 0.4) is 0 Å². The molecule has 0 fully saturated rings. The first-order valence-corrected chi connectivity index (χ1v) is 5.37. The van der Waals surface area contributed by atoms with Gasteiger partial charge in [-0.2, -0.15) is 0 Å². The molecule has 0 radical (unpaired) electrons. The molecular formula is C11H13NS. The summed E-state index contributed by atoms with van der Waals surface area (Å²) in [4.78, 5) is 1.28. The van der Waals surface area contributed by atoms with Gasteiger partial charge in [-0.1, -0.05) is 5.92 Å². The van der Waals surface area contributed by atoms with Gasteiger partial charge in [0.15, 0.2) is 0 Å². The largest absolute Gasteiger partial charge is 0.374 e. The van der Waals surface area contributed by atoms with Crippen molar-refractivity contribution in [3.05, 3.63) is 24.3 Å². The smallest absolute Gasteiger partial charge is 0.0765 e. The molecule has 0 saturated heterocycles. The Morgan fingerprint density at radius 3 is 2.54 bits per heavy atom. The average Bonchev–Trinajstić information content (AvgIpc) is 2.19. The summed E-state index contributed by atoms with van der Waals surface area (Å²) in [6.45, 7) is 2.56. The fourth-order valence-electron chi connectivity index (χ4n) is 0.944. The van der Waals surface area contributed by atoms with Crippen molar-refractivity contribution in [1.29, 1.82) is 0 Å². The summed E-state index contributed by atoms with van der Waals surface area (Å²) in [6, 6.07) is 8.35. The summed E-state index contributed by atoms with van der Waals surface area (Å²) >= 11 is 1.75. The summed E-state index contributed by atoms with van der Waals surface area (Å²) in [5.41, 5.74) is 1.13. The molecular weight excluding hydrogens is 178 g/mol. The van der Waals surface area contributed by atoms with E-state index in [2.05, 4.69) is 47.7 Å². The van der Waals surface area contributed by atoms with Crippen LogP contribution in [0.15, 0.2) is 29.2 Å². The Hall–Kier alpha value is -1.07. The van der Waals surface area contributed by atoms with Gasteiger partial charge in [0.2, 0.25) is 0 Å². The molecule has 0 bridgehead atoms. The van der Waals surface area contributed by atoms with E-state index in [0.29, 0.717) is 0 Å². The van der Waals surface area contributed by atoms with Crippen molar-refractivity contribution in [3.8, 4) is 11.8 Å². The lowest BCUT2D eigenvalue weighted by Gasteiger charge is -2.02. The molecule has 0 aliphatic carbocycles. The van der Waals surface area contributed by atoms with Crippen LogP contribution < -0.4 is 5.32 Å². The summed E-state index contributed by atoms with van der Waals surface area (Å²) in [5, 5.41) is 3.21. The Balaban J connectivity index is 2.52. The van der Waals surface area contributed by atoms with Gasteiger partial charge in [-0.25, -0.2) is 0 Å². The Labute approximate surface area is 83.9 Å². The standard InChI is InChI=1S/C11H13NS/c1-3-4-9-12-10-5-7-11(13-2)8-6-10/h5-8,12H,9H2,1-2H3. The molecule has 1 rings (SSSR count). The van der Waals surface area contributed by atoms with Crippen molar-refractivity contribution < 1.29 is 0 Å². The van der Waals surface area contributed by atoms with Gasteiger partial charge in [-0.05, 0) is 37.4 Å². The number of nitrogens with one attached hydrogen (secondary N) is 1. The van der Waals surface area contributed by atoms with Gasteiger partial charge in [0.1, 0.15) is 0 Å². The zero-order valence-corrected chi connectivity index (χ0v) is 8.74. The zero-order valence-electron chi connectivity index (χ0n) is 7.92. The zero-order chi connectivity index (χ0) is 9.52. The first-order chi connectivity index (χ1) is 6.36. The third-order valence-electron chi connectivity index (χ3n) is 1.65. The summed E-state index contributed by atoms with van der Waals surface area (Å²) in [6.07, 6.45) is 2.07. The monoisotopic (exact) mass is 191 g/mol. The lowest BCUT2D eigenvalue weighted by atomic mass is 10.3. The molecule has 0 heterocycles. The summed E-state index contributed by atoms with van der Waals surface area (Å²) < 4.78 is 0. The fourth-order valence-corrected chi connectivity index (χ4v) is 1.35. The molecule has 0 aliphatic rings. The maximum atomic E-state index is 3.21. The van der Waals surface area contributed by atoms with Gasteiger partial charge in [0.25, 0.3) is 0 Å². The summed E-state index contributed by atoms with van der Waals surface area (Å²) in [5.74, 6) is 5.80. The molecule has 0 saturated carbocycles. The second-order valence-electron chi connectivity index (χ2n) is 2.51. The Morgan fingerprint density at radius 1 is 1.31 bits per heavy atom. The molecule has 0 aromatic heterocycles. The lowest BCUT2D eigenvalue weighted by molar-refractivity contribution is 1.35. The summed E-state index contributed by atoms with van der Waals surface area (Å²) in [7, 11) is 0. The van der Waals surface area contributed by atoms with E-state index in [9.17, 15) is 0 Å². The Morgan fingerprint density at radius 2 is 2.00 bits per heavy atom. The first-order valence-electron chi connectivity index (χ1n) is 4.14. The molecule has 1 nitrogen and oxygen atoms in total. The van der Waals surface area contributed by atoms with Crippen molar-refractivity contribution in [3.63, 3.8) is 0 Å². The molecule has 1 N–H and O–H groups in total. The van der Waals surface area contributed by atoms with Crippen LogP contribution in [0.1, 0.15) is 6.92 Å². The molecule has 0 amide bonds. The highest BCUT2D eigenvalue weighted by Gasteiger charge is 1.90. The highest BCUT2D eigenvalue weighted by atomic mass is 32.2. The van der Waals surface area contributed by atoms with Crippen molar-refractivity contribution in [1.82, 2.24) is 0 Å². The van der Waals surface area contributed by atoms with Crippen molar-refractivity contribution in [2.45, 2.75) is 11.8 Å². The maximum Gasteiger partial charge on any atom is 0.0765 e. The Kier molecular flexibility index (Phi) is 4.28. The number of benzene rings is 1. The topological polar surface area (TPSA) is 12.0 Å². The predicted octanol–water partition coefficient (Wildman–Crippen LogP) is 2.84. The molecule has 1 aromatic rings.